The van der Waals surface area contributed by atoms with Gasteiger partial charge in [-0.2, -0.15) is 5.26 Å². The van der Waals surface area contributed by atoms with Crippen LogP contribution < -0.4 is 4.72 Å². The highest BCUT2D eigenvalue weighted by atomic mass is 79.9. The van der Waals surface area contributed by atoms with Crippen molar-refractivity contribution in [1.82, 2.24) is 4.98 Å². The fourth-order valence-corrected chi connectivity index (χ4v) is 2.88. The number of nitriles is 1. The number of anilines is 1. The highest BCUT2D eigenvalue weighted by Crippen LogP contribution is 2.21. The van der Waals surface area contributed by atoms with Crippen molar-refractivity contribution in [2.24, 2.45) is 0 Å². The molecule has 0 unspecified atom stereocenters. The Labute approximate surface area is 123 Å². The third kappa shape index (κ3) is 2.95. The first-order valence-corrected chi connectivity index (χ1v) is 7.54. The summed E-state index contributed by atoms with van der Waals surface area (Å²) in [6.07, 6.45) is 1.41. The lowest BCUT2D eigenvalue weighted by Crippen LogP contribution is -2.15. The van der Waals surface area contributed by atoms with E-state index in [-0.39, 0.29) is 5.82 Å². The van der Waals surface area contributed by atoms with E-state index >= 15 is 0 Å². The van der Waals surface area contributed by atoms with Crippen molar-refractivity contribution < 1.29 is 12.8 Å². The zero-order valence-electron chi connectivity index (χ0n) is 9.84. The quantitative estimate of drug-likeness (QED) is 0.917. The topological polar surface area (TPSA) is 82.8 Å². The smallest absolute Gasteiger partial charge is 0.263 e. The maximum Gasteiger partial charge on any atom is 0.264 e. The van der Waals surface area contributed by atoms with Crippen LogP contribution in [0.1, 0.15) is 5.56 Å². The van der Waals surface area contributed by atoms with Gasteiger partial charge in [0.25, 0.3) is 10.0 Å². The van der Waals surface area contributed by atoms with E-state index in [0.29, 0.717) is 4.47 Å². The zero-order valence-corrected chi connectivity index (χ0v) is 12.2. The molecule has 0 atom stereocenters. The lowest BCUT2D eigenvalue weighted by Gasteiger charge is -2.08. The number of benzene rings is 1. The van der Waals surface area contributed by atoms with Gasteiger partial charge in [-0.25, -0.2) is 17.8 Å². The maximum atomic E-state index is 13.4. The van der Waals surface area contributed by atoms with Crippen molar-refractivity contribution in [2.45, 2.75) is 4.90 Å². The molecule has 2 aromatic rings. The minimum atomic E-state index is -4.08. The molecule has 0 bridgehead atoms. The molecule has 20 heavy (non-hydrogen) atoms. The fraction of sp³-hybridized carbons (Fsp3) is 0. The molecule has 0 spiro atoms. The van der Waals surface area contributed by atoms with Crippen LogP contribution in [0.15, 0.2) is 45.9 Å². The summed E-state index contributed by atoms with van der Waals surface area (Å²) in [6.45, 7) is 0. The summed E-state index contributed by atoms with van der Waals surface area (Å²) in [4.78, 5) is 3.43. The van der Waals surface area contributed by atoms with Crippen molar-refractivity contribution in [3.8, 4) is 6.07 Å². The summed E-state index contributed by atoms with van der Waals surface area (Å²) in [5, 5.41) is 8.86. The monoisotopic (exact) mass is 355 g/mol. The van der Waals surface area contributed by atoms with Crippen LogP contribution >= 0.6 is 15.9 Å². The van der Waals surface area contributed by atoms with Crippen LogP contribution in [0.5, 0.6) is 0 Å². The molecular formula is C12H7BrFN3O2S. The van der Waals surface area contributed by atoms with Crippen molar-refractivity contribution in [3.63, 3.8) is 0 Å². The molecule has 102 valence electrons. The van der Waals surface area contributed by atoms with Gasteiger partial charge >= 0.3 is 0 Å². The molecule has 5 nitrogen and oxygen atoms in total. The first kappa shape index (κ1) is 14.4. The molecule has 0 aliphatic carbocycles. The normalized spacial score (nSPS) is 10.8. The van der Waals surface area contributed by atoms with E-state index < -0.39 is 26.3 Å². The van der Waals surface area contributed by atoms with Gasteiger partial charge in [-0.15, -0.1) is 0 Å². The number of sulfonamides is 1. The largest absolute Gasteiger partial charge is 0.264 e. The molecule has 0 aliphatic heterocycles. The van der Waals surface area contributed by atoms with Crippen molar-refractivity contribution in [1.29, 1.82) is 5.26 Å². The van der Waals surface area contributed by atoms with Gasteiger partial charge in [0.05, 0.1) is 0 Å². The Morgan fingerprint density at radius 2 is 2.05 bits per heavy atom. The van der Waals surface area contributed by atoms with Gasteiger partial charge in [0.15, 0.2) is 0 Å². The fourth-order valence-electron chi connectivity index (χ4n) is 1.47. The Hall–Kier alpha value is -1.98. The SMILES string of the molecule is N#Cc1c(F)cccc1S(=O)(=O)Nc1ccc(Br)cn1. The van der Waals surface area contributed by atoms with Crippen molar-refractivity contribution in [2.75, 3.05) is 4.72 Å². The molecule has 2 rings (SSSR count). The van der Waals surface area contributed by atoms with Gasteiger partial charge in [-0.05, 0) is 40.2 Å². The molecule has 1 aromatic heterocycles. The van der Waals surface area contributed by atoms with Gasteiger partial charge in [0, 0.05) is 10.7 Å². The highest BCUT2D eigenvalue weighted by Gasteiger charge is 2.21. The van der Waals surface area contributed by atoms with Crippen molar-refractivity contribution >= 4 is 31.8 Å². The summed E-state index contributed by atoms with van der Waals surface area (Å²) < 4.78 is 40.6. The third-order valence-electron chi connectivity index (χ3n) is 2.34. The standard InChI is InChI=1S/C12H7BrFN3O2S/c13-8-4-5-12(16-7-8)17-20(18,19)11-3-1-2-10(14)9(11)6-15/h1-5,7H,(H,16,17). The number of hydrogen-bond acceptors (Lipinski definition) is 4. The first-order valence-electron chi connectivity index (χ1n) is 5.27. The number of rotatable bonds is 3. The van der Waals surface area contributed by atoms with Crippen LogP contribution in [-0.2, 0) is 10.0 Å². The minimum absolute atomic E-state index is 0.0707. The summed E-state index contributed by atoms with van der Waals surface area (Å²) in [6, 6.07) is 7.98. The second kappa shape index (κ2) is 5.56. The number of pyridine rings is 1. The second-order valence-electron chi connectivity index (χ2n) is 3.69. The van der Waals surface area contributed by atoms with E-state index in [0.717, 1.165) is 12.1 Å². The lowest BCUT2D eigenvalue weighted by atomic mass is 10.2. The molecule has 1 heterocycles. The van der Waals surface area contributed by atoms with Crippen LogP contribution in [0.25, 0.3) is 0 Å². The number of halogens is 2. The van der Waals surface area contributed by atoms with E-state index in [1.807, 2.05) is 0 Å². The van der Waals surface area contributed by atoms with Gasteiger partial charge in [0.2, 0.25) is 0 Å². The van der Waals surface area contributed by atoms with E-state index in [9.17, 15) is 12.8 Å². The molecule has 1 N–H and O–H groups in total. The van der Waals surface area contributed by atoms with Gasteiger partial charge in [-0.1, -0.05) is 6.07 Å². The van der Waals surface area contributed by atoms with E-state index in [1.54, 1.807) is 12.1 Å². The number of nitrogens with zero attached hydrogens (tertiary/aromatic N) is 2. The average molecular weight is 356 g/mol. The molecule has 0 amide bonds. The summed E-state index contributed by atoms with van der Waals surface area (Å²) >= 11 is 3.17. The van der Waals surface area contributed by atoms with Gasteiger partial charge in [0.1, 0.15) is 28.2 Å². The van der Waals surface area contributed by atoms with E-state index in [4.69, 9.17) is 5.26 Å². The Kier molecular flexibility index (Phi) is 4.01. The summed E-state index contributed by atoms with van der Waals surface area (Å²) in [5.74, 6) is -0.819. The van der Waals surface area contributed by atoms with E-state index in [1.165, 1.54) is 18.3 Å². The molecule has 1 aromatic carbocycles. The zero-order chi connectivity index (χ0) is 14.8. The van der Waals surface area contributed by atoms with Crippen LogP contribution in [0.3, 0.4) is 0 Å². The van der Waals surface area contributed by atoms with Crippen LogP contribution in [0, 0.1) is 17.1 Å². The van der Waals surface area contributed by atoms with Crippen LogP contribution in [0.2, 0.25) is 0 Å². The predicted octanol–water partition coefficient (Wildman–Crippen LogP) is 2.66. The molecule has 0 radical (unpaired) electrons. The molecule has 0 aliphatic rings. The van der Waals surface area contributed by atoms with Gasteiger partial charge in [-0.3, -0.25) is 4.72 Å². The second-order valence-corrected chi connectivity index (χ2v) is 6.26. The first-order chi connectivity index (χ1) is 9.44. The Balaban J connectivity index is 2.44. The predicted molar refractivity (Wildman–Crippen MR) is 73.9 cm³/mol. The molecule has 8 heteroatoms. The van der Waals surface area contributed by atoms with Gasteiger partial charge < -0.3 is 0 Å². The Morgan fingerprint density at radius 3 is 2.65 bits per heavy atom. The Bertz CT molecular complexity index is 785. The number of aromatic nitrogens is 1. The average Bonchev–Trinajstić information content (AvgIpc) is 2.41. The number of nitrogens with one attached hydrogen (secondary N) is 1. The van der Waals surface area contributed by atoms with Crippen LogP contribution in [-0.4, -0.2) is 13.4 Å². The maximum absolute atomic E-state index is 13.4. The molecule has 0 saturated heterocycles. The third-order valence-corrected chi connectivity index (χ3v) is 4.21. The Morgan fingerprint density at radius 1 is 1.30 bits per heavy atom. The molecular weight excluding hydrogens is 349 g/mol. The lowest BCUT2D eigenvalue weighted by molar-refractivity contribution is 0.593. The minimum Gasteiger partial charge on any atom is -0.263 e. The van der Waals surface area contributed by atoms with Crippen molar-refractivity contribution in [3.05, 3.63) is 52.4 Å². The highest BCUT2D eigenvalue weighted by molar-refractivity contribution is 9.10. The number of hydrogen-bond donors (Lipinski definition) is 1. The summed E-state index contributed by atoms with van der Waals surface area (Å²) in [7, 11) is -4.08. The molecule has 0 saturated carbocycles. The summed E-state index contributed by atoms with van der Waals surface area (Å²) in [5.41, 5.74) is -0.530. The van der Waals surface area contributed by atoms with E-state index in [2.05, 4.69) is 25.6 Å². The molecule has 0 fully saturated rings. The van der Waals surface area contributed by atoms with Crippen LogP contribution in [0.4, 0.5) is 10.2 Å².